The number of halogens is 2. The predicted octanol–water partition coefficient (Wildman–Crippen LogP) is 1.87. The van der Waals surface area contributed by atoms with Gasteiger partial charge in [-0.15, -0.1) is 34.2 Å². The summed E-state index contributed by atoms with van der Waals surface area (Å²) in [5.41, 5.74) is 1.58. The van der Waals surface area contributed by atoms with Crippen LogP contribution in [-0.4, -0.2) is 47.7 Å². The van der Waals surface area contributed by atoms with E-state index in [-0.39, 0.29) is 36.6 Å². The molecule has 2 aromatic rings. The first-order valence-corrected chi connectivity index (χ1v) is 9.04. The number of rotatable bonds is 7. The van der Waals surface area contributed by atoms with Gasteiger partial charge in [-0.05, 0) is 24.1 Å². The van der Waals surface area contributed by atoms with E-state index in [2.05, 4.69) is 32.7 Å². The number of hydrogen-bond acceptors (Lipinski definition) is 5. The maximum Gasteiger partial charge on any atom is 0.191 e. The fourth-order valence-electron chi connectivity index (χ4n) is 3.01. The highest BCUT2D eigenvalue weighted by molar-refractivity contribution is 14.0. The summed E-state index contributed by atoms with van der Waals surface area (Å²) in [6.07, 6.45) is 3.19. The number of ether oxygens (including phenoxy) is 2. The first-order chi connectivity index (χ1) is 13.2. The molecule has 1 aliphatic rings. The second-order valence-electron chi connectivity index (χ2n) is 6.13. The quantitative estimate of drug-likeness (QED) is 0.341. The lowest BCUT2D eigenvalue weighted by Crippen LogP contribution is -2.39. The van der Waals surface area contributed by atoms with E-state index in [0.29, 0.717) is 32.1 Å². The maximum atomic E-state index is 13.8. The summed E-state index contributed by atoms with van der Waals surface area (Å²) >= 11 is 0. The van der Waals surface area contributed by atoms with Gasteiger partial charge in [-0.3, -0.25) is 4.99 Å². The molecule has 0 saturated heterocycles. The minimum atomic E-state index is -0.277. The average molecular weight is 504 g/mol. The molecule has 28 heavy (non-hydrogen) atoms. The first-order valence-electron chi connectivity index (χ1n) is 9.04. The summed E-state index contributed by atoms with van der Waals surface area (Å²) in [7, 11) is 1.72. The van der Waals surface area contributed by atoms with Crippen molar-refractivity contribution in [3.8, 4) is 5.75 Å². The van der Waals surface area contributed by atoms with E-state index in [4.69, 9.17) is 9.47 Å². The number of aryl methyl sites for hydroxylation is 1. The number of guanidine groups is 1. The van der Waals surface area contributed by atoms with Gasteiger partial charge >= 0.3 is 0 Å². The Morgan fingerprint density at radius 3 is 2.93 bits per heavy atom. The van der Waals surface area contributed by atoms with Gasteiger partial charge in [0.25, 0.3) is 0 Å². The molecule has 0 fully saturated rings. The fraction of sp³-hybridized carbons (Fsp3) is 0.500. The second kappa shape index (κ2) is 11.1. The molecule has 1 aromatic heterocycles. The lowest BCUT2D eigenvalue weighted by Gasteiger charge is -2.21. The van der Waals surface area contributed by atoms with E-state index >= 15 is 0 Å². The topological polar surface area (TPSA) is 85.6 Å². The maximum absolute atomic E-state index is 13.8. The molecule has 0 bridgehead atoms. The highest BCUT2D eigenvalue weighted by Gasteiger charge is 2.16. The SMILES string of the molecule is CCc1nncn1CCNC(=NC)NCCc1cc(F)cc2c1OCOC2.I. The van der Waals surface area contributed by atoms with Crippen LogP contribution in [0.1, 0.15) is 23.9 Å². The van der Waals surface area contributed by atoms with Crippen molar-refractivity contribution < 1.29 is 13.9 Å². The zero-order valence-electron chi connectivity index (χ0n) is 16.1. The van der Waals surface area contributed by atoms with E-state index < -0.39 is 0 Å². The van der Waals surface area contributed by atoms with Crippen LogP contribution in [0.5, 0.6) is 5.75 Å². The largest absolute Gasteiger partial charge is 0.467 e. The van der Waals surface area contributed by atoms with Crippen molar-refractivity contribution in [1.82, 2.24) is 25.4 Å². The Morgan fingerprint density at radius 2 is 2.14 bits per heavy atom. The van der Waals surface area contributed by atoms with Crippen molar-refractivity contribution in [3.63, 3.8) is 0 Å². The molecule has 0 spiro atoms. The number of hydrogen-bond donors (Lipinski definition) is 2. The van der Waals surface area contributed by atoms with Gasteiger partial charge in [-0.25, -0.2) is 4.39 Å². The van der Waals surface area contributed by atoms with Crippen molar-refractivity contribution in [1.29, 1.82) is 0 Å². The standard InChI is InChI=1S/C18H25FN6O2.HI/c1-3-16-24-23-11-25(16)7-6-22-18(20-2)21-5-4-13-8-15(19)9-14-10-26-12-27-17(13)14;/h8-9,11H,3-7,10,12H2,1-2H3,(H2,20,21,22);1H. The lowest BCUT2D eigenvalue weighted by molar-refractivity contribution is -0.0172. The number of fused-ring (bicyclic) bond motifs is 1. The van der Waals surface area contributed by atoms with Gasteiger partial charge in [-0.1, -0.05) is 6.92 Å². The summed E-state index contributed by atoms with van der Waals surface area (Å²) in [6.45, 7) is 4.68. The molecule has 10 heteroatoms. The van der Waals surface area contributed by atoms with Crippen molar-refractivity contribution in [2.75, 3.05) is 26.9 Å². The first kappa shape index (κ1) is 22.3. The zero-order valence-corrected chi connectivity index (χ0v) is 18.4. The zero-order chi connectivity index (χ0) is 19.1. The van der Waals surface area contributed by atoms with Gasteiger partial charge < -0.3 is 24.7 Å². The predicted molar refractivity (Wildman–Crippen MR) is 115 cm³/mol. The van der Waals surface area contributed by atoms with Crippen molar-refractivity contribution in [3.05, 3.63) is 41.2 Å². The van der Waals surface area contributed by atoms with Crippen LogP contribution in [0.25, 0.3) is 0 Å². The Labute approximate surface area is 180 Å². The smallest absolute Gasteiger partial charge is 0.191 e. The molecule has 3 rings (SSSR count). The normalized spacial score (nSPS) is 13.3. The molecule has 154 valence electrons. The molecule has 0 amide bonds. The van der Waals surface area contributed by atoms with Crippen LogP contribution in [0.3, 0.4) is 0 Å². The van der Waals surface area contributed by atoms with Crippen LogP contribution in [0, 0.1) is 5.82 Å². The van der Waals surface area contributed by atoms with E-state index in [0.717, 1.165) is 35.7 Å². The number of nitrogens with one attached hydrogen (secondary N) is 2. The molecule has 1 aromatic carbocycles. The molecule has 0 aliphatic carbocycles. The van der Waals surface area contributed by atoms with E-state index in [9.17, 15) is 4.39 Å². The monoisotopic (exact) mass is 504 g/mol. The molecule has 8 nitrogen and oxygen atoms in total. The van der Waals surface area contributed by atoms with Crippen LogP contribution in [-0.2, 0) is 30.7 Å². The van der Waals surface area contributed by atoms with Crippen molar-refractivity contribution in [2.45, 2.75) is 32.9 Å². The molecule has 2 heterocycles. The number of benzene rings is 1. The Balaban J connectivity index is 0.00000280. The van der Waals surface area contributed by atoms with Gasteiger partial charge in [0.15, 0.2) is 12.8 Å². The van der Waals surface area contributed by atoms with E-state index in [1.807, 2.05) is 4.57 Å². The van der Waals surface area contributed by atoms with Crippen LogP contribution in [0.4, 0.5) is 4.39 Å². The number of nitrogens with zero attached hydrogens (tertiary/aromatic N) is 4. The molecule has 0 atom stereocenters. The summed E-state index contributed by atoms with van der Waals surface area (Å²) in [5.74, 6) is 2.10. The summed E-state index contributed by atoms with van der Waals surface area (Å²) in [4.78, 5) is 4.21. The number of aromatic nitrogens is 3. The second-order valence-corrected chi connectivity index (χ2v) is 6.13. The summed E-state index contributed by atoms with van der Waals surface area (Å²) < 4.78 is 26.6. The third-order valence-electron chi connectivity index (χ3n) is 4.32. The van der Waals surface area contributed by atoms with Crippen molar-refractivity contribution in [2.24, 2.45) is 4.99 Å². The molecule has 0 radical (unpaired) electrons. The minimum absolute atomic E-state index is 0. The molecule has 1 aliphatic heterocycles. The summed E-state index contributed by atoms with van der Waals surface area (Å²) in [6, 6.07) is 2.97. The molecular formula is C18H26FIN6O2. The lowest BCUT2D eigenvalue weighted by atomic mass is 10.1. The Bertz CT molecular complexity index is 798. The molecule has 0 unspecified atom stereocenters. The Morgan fingerprint density at radius 1 is 1.32 bits per heavy atom. The van der Waals surface area contributed by atoms with Gasteiger partial charge in [0.05, 0.1) is 6.61 Å². The third kappa shape index (κ3) is 5.77. The average Bonchev–Trinajstić information content (AvgIpc) is 3.14. The van der Waals surface area contributed by atoms with Crippen LogP contribution in [0.2, 0.25) is 0 Å². The van der Waals surface area contributed by atoms with Crippen LogP contribution in [0.15, 0.2) is 23.5 Å². The van der Waals surface area contributed by atoms with Crippen molar-refractivity contribution >= 4 is 29.9 Å². The van der Waals surface area contributed by atoms with Crippen LogP contribution < -0.4 is 15.4 Å². The highest BCUT2D eigenvalue weighted by Crippen LogP contribution is 2.29. The Kier molecular flexibility index (Phi) is 8.90. The van der Waals surface area contributed by atoms with E-state index in [1.54, 1.807) is 13.4 Å². The molecule has 2 N–H and O–H groups in total. The third-order valence-corrected chi connectivity index (χ3v) is 4.32. The highest BCUT2D eigenvalue weighted by atomic mass is 127. The Hall–Kier alpha value is -1.95. The molecular weight excluding hydrogens is 478 g/mol. The number of aliphatic imine (C=N–C) groups is 1. The van der Waals surface area contributed by atoms with Gasteiger partial charge in [0.1, 0.15) is 23.7 Å². The van der Waals surface area contributed by atoms with Gasteiger partial charge in [0, 0.05) is 38.7 Å². The van der Waals surface area contributed by atoms with Crippen LogP contribution >= 0.6 is 24.0 Å². The molecule has 0 saturated carbocycles. The fourth-order valence-corrected chi connectivity index (χ4v) is 3.01. The minimum Gasteiger partial charge on any atom is -0.467 e. The van der Waals surface area contributed by atoms with E-state index in [1.165, 1.54) is 12.1 Å². The van der Waals surface area contributed by atoms with Gasteiger partial charge in [-0.2, -0.15) is 0 Å². The summed E-state index contributed by atoms with van der Waals surface area (Å²) in [5, 5.41) is 14.5. The van der Waals surface area contributed by atoms with Gasteiger partial charge in [0.2, 0.25) is 0 Å².